The molecule has 0 fully saturated rings. The molecule has 22 heavy (non-hydrogen) atoms. The number of urea groups is 1. The number of hydrogen-bond acceptors (Lipinski definition) is 2. The fraction of sp³-hybridized carbons (Fsp3) is 0.188. The molecule has 2 amide bonds. The van der Waals surface area contributed by atoms with E-state index in [1.807, 2.05) is 0 Å². The number of halogens is 2. The number of rotatable bonds is 5. The van der Waals surface area contributed by atoms with Crippen LogP contribution in [-0.2, 0) is 0 Å². The van der Waals surface area contributed by atoms with Crippen LogP contribution in [0, 0.1) is 5.82 Å². The number of nitrogens with zero attached hydrogens (tertiary/aromatic N) is 1. The van der Waals surface area contributed by atoms with Gasteiger partial charge in [-0.3, -0.25) is 0 Å². The second-order valence-electron chi connectivity index (χ2n) is 4.66. The van der Waals surface area contributed by atoms with E-state index in [9.17, 15) is 9.18 Å². The lowest BCUT2D eigenvalue weighted by Crippen LogP contribution is -2.34. The van der Waals surface area contributed by atoms with Gasteiger partial charge in [-0.2, -0.15) is 0 Å². The van der Waals surface area contributed by atoms with Crippen molar-refractivity contribution in [1.29, 1.82) is 0 Å². The minimum atomic E-state index is -0.346. The molecule has 4 nitrogen and oxygen atoms in total. The summed E-state index contributed by atoms with van der Waals surface area (Å²) in [5.41, 5.74) is 0.536. The van der Waals surface area contributed by atoms with Crippen molar-refractivity contribution in [3.63, 3.8) is 0 Å². The van der Waals surface area contributed by atoms with Crippen LogP contribution in [0.2, 0.25) is 5.02 Å². The second kappa shape index (κ2) is 7.66. The van der Waals surface area contributed by atoms with Crippen molar-refractivity contribution in [3.05, 3.63) is 59.4 Å². The summed E-state index contributed by atoms with van der Waals surface area (Å²) in [4.78, 5) is 13.4. The van der Waals surface area contributed by atoms with E-state index in [0.717, 1.165) is 0 Å². The largest absolute Gasteiger partial charge is 0.492 e. The molecule has 2 rings (SSSR count). The number of benzene rings is 2. The van der Waals surface area contributed by atoms with Crippen LogP contribution in [0.5, 0.6) is 5.75 Å². The summed E-state index contributed by atoms with van der Waals surface area (Å²) < 4.78 is 18.3. The minimum Gasteiger partial charge on any atom is -0.492 e. The molecule has 2 aromatic rings. The maximum Gasteiger partial charge on any atom is 0.321 e. The summed E-state index contributed by atoms with van der Waals surface area (Å²) in [5, 5.41) is 3.27. The zero-order valence-corrected chi connectivity index (χ0v) is 12.8. The zero-order valence-electron chi connectivity index (χ0n) is 12.1. The Morgan fingerprint density at radius 1 is 1.27 bits per heavy atom. The predicted octanol–water partition coefficient (Wildman–Crippen LogP) is 4.02. The molecule has 6 heteroatoms. The van der Waals surface area contributed by atoms with Crippen molar-refractivity contribution < 1.29 is 13.9 Å². The van der Waals surface area contributed by atoms with E-state index >= 15 is 0 Å². The Kier molecular flexibility index (Phi) is 5.61. The summed E-state index contributed by atoms with van der Waals surface area (Å²) in [7, 11) is 1.65. The van der Waals surface area contributed by atoms with E-state index in [1.54, 1.807) is 31.3 Å². The highest BCUT2D eigenvalue weighted by Gasteiger charge is 2.08. The number of carbonyl (C=O) groups is 1. The smallest absolute Gasteiger partial charge is 0.321 e. The van der Waals surface area contributed by atoms with Crippen LogP contribution < -0.4 is 10.1 Å². The first kappa shape index (κ1) is 16.1. The zero-order chi connectivity index (χ0) is 15.9. The third kappa shape index (κ3) is 4.93. The summed E-state index contributed by atoms with van der Waals surface area (Å²) in [6.45, 7) is 0.743. The third-order valence-electron chi connectivity index (χ3n) is 2.93. The van der Waals surface area contributed by atoms with E-state index in [-0.39, 0.29) is 11.8 Å². The van der Waals surface area contributed by atoms with E-state index in [4.69, 9.17) is 16.3 Å². The number of amides is 2. The molecule has 0 aromatic heterocycles. The van der Waals surface area contributed by atoms with Crippen LogP contribution in [0.15, 0.2) is 48.5 Å². The summed E-state index contributed by atoms with van der Waals surface area (Å²) >= 11 is 5.86. The molecule has 0 atom stereocenters. The van der Waals surface area contributed by atoms with Crippen molar-refractivity contribution in [3.8, 4) is 5.75 Å². The van der Waals surface area contributed by atoms with Crippen molar-refractivity contribution in [2.75, 3.05) is 25.5 Å². The fourth-order valence-electron chi connectivity index (χ4n) is 1.71. The van der Waals surface area contributed by atoms with Gasteiger partial charge in [0.15, 0.2) is 0 Å². The SMILES string of the molecule is CN(CCOc1cccc(Cl)c1)C(=O)Nc1ccc(F)cc1. The number of likely N-dealkylation sites (N-methyl/N-ethyl adjacent to an activating group) is 1. The molecule has 0 aliphatic carbocycles. The fourth-order valence-corrected chi connectivity index (χ4v) is 1.89. The van der Waals surface area contributed by atoms with Crippen molar-refractivity contribution >= 4 is 23.3 Å². The molecular weight excluding hydrogens is 307 g/mol. The van der Waals surface area contributed by atoms with Gasteiger partial charge in [0.25, 0.3) is 0 Å². The number of carbonyl (C=O) groups excluding carboxylic acids is 1. The molecule has 0 saturated heterocycles. The average molecular weight is 323 g/mol. The molecule has 0 bridgehead atoms. The van der Waals surface area contributed by atoms with E-state index < -0.39 is 0 Å². The minimum absolute atomic E-state index is 0.290. The molecule has 0 aliphatic rings. The molecular formula is C16H16ClFN2O2. The lowest BCUT2D eigenvalue weighted by molar-refractivity contribution is 0.207. The highest BCUT2D eigenvalue weighted by atomic mass is 35.5. The van der Waals surface area contributed by atoms with Gasteiger partial charge in [-0.1, -0.05) is 17.7 Å². The van der Waals surface area contributed by atoms with Gasteiger partial charge in [0.2, 0.25) is 0 Å². The van der Waals surface area contributed by atoms with Gasteiger partial charge in [-0.15, -0.1) is 0 Å². The van der Waals surface area contributed by atoms with E-state index in [1.165, 1.54) is 29.2 Å². The van der Waals surface area contributed by atoms with Crippen LogP contribution in [0.25, 0.3) is 0 Å². The van der Waals surface area contributed by atoms with Crippen molar-refractivity contribution in [2.45, 2.75) is 0 Å². The Morgan fingerprint density at radius 2 is 2.00 bits per heavy atom. The normalized spacial score (nSPS) is 10.1. The monoisotopic (exact) mass is 322 g/mol. The highest BCUT2D eigenvalue weighted by molar-refractivity contribution is 6.30. The Bertz CT molecular complexity index is 634. The van der Waals surface area contributed by atoms with Crippen LogP contribution in [0.1, 0.15) is 0 Å². The summed E-state index contributed by atoms with van der Waals surface area (Å²) in [6.07, 6.45) is 0. The van der Waals surface area contributed by atoms with Gasteiger partial charge in [-0.05, 0) is 42.5 Å². The molecule has 1 N–H and O–H groups in total. The van der Waals surface area contributed by atoms with Crippen molar-refractivity contribution in [2.24, 2.45) is 0 Å². The maximum atomic E-state index is 12.8. The van der Waals surface area contributed by atoms with E-state index in [2.05, 4.69) is 5.32 Å². The Balaban J connectivity index is 1.77. The second-order valence-corrected chi connectivity index (χ2v) is 5.10. The Morgan fingerprint density at radius 3 is 2.68 bits per heavy atom. The first-order chi connectivity index (χ1) is 10.5. The summed E-state index contributed by atoms with van der Waals surface area (Å²) in [6, 6.07) is 12.4. The van der Waals surface area contributed by atoms with Crippen molar-refractivity contribution in [1.82, 2.24) is 4.90 Å². The first-order valence-electron chi connectivity index (χ1n) is 6.70. The number of hydrogen-bond donors (Lipinski definition) is 1. The standard InChI is InChI=1S/C16H16ClFN2O2/c1-20(9-10-22-15-4-2-3-12(17)11-15)16(21)19-14-7-5-13(18)6-8-14/h2-8,11H,9-10H2,1H3,(H,19,21). The van der Waals surface area contributed by atoms with Gasteiger partial charge in [0.1, 0.15) is 18.2 Å². The quantitative estimate of drug-likeness (QED) is 0.903. The van der Waals surface area contributed by atoms with Gasteiger partial charge in [-0.25, -0.2) is 9.18 Å². The highest BCUT2D eigenvalue weighted by Crippen LogP contribution is 2.17. The van der Waals surface area contributed by atoms with Gasteiger partial charge < -0.3 is 15.0 Å². The van der Waals surface area contributed by atoms with Gasteiger partial charge in [0.05, 0.1) is 6.54 Å². The number of anilines is 1. The van der Waals surface area contributed by atoms with Crippen LogP contribution >= 0.6 is 11.6 Å². The molecule has 0 radical (unpaired) electrons. The van der Waals surface area contributed by atoms with Gasteiger partial charge in [0, 0.05) is 17.8 Å². The molecule has 0 spiro atoms. The molecule has 0 heterocycles. The molecule has 0 aliphatic heterocycles. The van der Waals surface area contributed by atoms with E-state index in [0.29, 0.717) is 29.6 Å². The van der Waals surface area contributed by atoms with Crippen LogP contribution in [0.3, 0.4) is 0 Å². The lowest BCUT2D eigenvalue weighted by atomic mass is 10.3. The van der Waals surface area contributed by atoms with Crippen LogP contribution in [0.4, 0.5) is 14.9 Å². The van der Waals surface area contributed by atoms with Crippen LogP contribution in [-0.4, -0.2) is 31.1 Å². The first-order valence-corrected chi connectivity index (χ1v) is 7.08. The topological polar surface area (TPSA) is 41.6 Å². The molecule has 0 unspecified atom stereocenters. The number of ether oxygens (including phenoxy) is 1. The maximum absolute atomic E-state index is 12.8. The number of nitrogens with one attached hydrogen (secondary N) is 1. The molecule has 116 valence electrons. The Labute approximate surface area is 133 Å². The Hall–Kier alpha value is -2.27. The molecule has 2 aromatic carbocycles. The summed E-state index contributed by atoms with van der Waals surface area (Å²) in [5.74, 6) is 0.307. The third-order valence-corrected chi connectivity index (χ3v) is 3.17. The van der Waals surface area contributed by atoms with Gasteiger partial charge >= 0.3 is 6.03 Å². The lowest BCUT2D eigenvalue weighted by Gasteiger charge is -2.18. The molecule has 0 saturated carbocycles. The predicted molar refractivity (Wildman–Crippen MR) is 85.0 cm³/mol. The average Bonchev–Trinajstić information content (AvgIpc) is 2.49.